The van der Waals surface area contributed by atoms with Crippen LogP contribution in [0.25, 0.3) is 0 Å². The first-order chi connectivity index (χ1) is 16.8. The van der Waals surface area contributed by atoms with Gasteiger partial charge >= 0.3 is 0 Å². The summed E-state index contributed by atoms with van der Waals surface area (Å²) in [7, 11) is 0. The van der Waals surface area contributed by atoms with Gasteiger partial charge < -0.3 is 15.1 Å². The average molecular weight is 527 g/mol. The van der Waals surface area contributed by atoms with Crippen molar-refractivity contribution in [1.29, 1.82) is 0 Å². The lowest BCUT2D eigenvalue weighted by molar-refractivity contribution is 0.0746. The predicted molar refractivity (Wildman–Crippen MR) is 146 cm³/mol. The summed E-state index contributed by atoms with van der Waals surface area (Å²) in [6.07, 6.45) is 0. The summed E-state index contributed by atoms with van der Waals surface area (Å²) in [5.41, 5.74) is 3.55. The van der Waals surface area contributed by atoms with E-state index >= 15 is 0 Å². The third-order valence-electron chi connectivity index (χ3n) is 5.79. The topological polar surface area (TPSA) is 64.7 Å². The lowest BCUT2D eigenvalue weighted by Gasteiger charge is -2.36. The summed E-state index contributed by atoms with van der Waals surface area (Å²) >= 11 is 18.0. The summed E-state index contributed by atoms with van der Waals surface area (Å²) in [4.78, 5) is 29.1. The first kappa shape index (κ1) is 25.0. The SMILES string of the molecule is Cc1ccc(C(=O)NC(=S)Nc2ccc(N3CCN(C(=O)c4ccccc4)CC3)c(Cl)c2)cc1Cl. The molecule has 2 amide bonds. The highest BCUT2D eigenvalue weighted by molar-refractivity contribution is 7.80. The Hall–Kier alpha value is -3.13. The van der Waals surface area contributed by atoms with Crippen molar-refractivity contribution in [3.8, 4) is 0 Å². The van der Waals surface area contributed by atoms with E-state index in [-0.39, 0.29) is 16.9 Å². The van der Waals surface area contributed by atoms with Crippen LogP contribution in [0.3, 0.4) is 0 Å². The van der Waals surface area contributed by atoms with Gasteiger partial charge in [0.1, 0.15) is 0 Å². The Balaban J connectivity index is 1.33. The number of carbonyl (C=O) groups excluding carboxylic acids is 2. The van der Waals surface area contributed by atoms with Crippen molar-refractivity contribution in [3.05, 3.63) is 93.5 Å². The molecule has 35 heavy (non-hydrogen) atoms. The van der Waals surface area contributed by atoms with Gasteiger partial charge in [-0.2, -0.15) is 0 Å². The number of hydrogen-bond acceptors (Lipinski definition) is 4. The van der Waals surface area contributed by atoms with Gasteiger partial charge in [-0.1, -0.05) is 47.5 Å². The summed E-state index contributed by atoms with van der Waals surface area (Å²) in [6.45, 7) is 4.46. The number of nitrogens with one attached hydrogen (secondary N) is 2. The number of nitrogens with zero attached hydrogens (tertiary/aromatic N) is 2. The monoisotopic (exact) mass is 526 g/mol. The van der Waals surface area contributed by atoms with Crippen molar-refractivity contribution in [2.24, 2.45) is 0 Å². The number of halogens is 2. The van der Waals surface area contributed by atoms with Gasteiger partial charge in [-0.25, -0.2) is 0 Å². The van der Waals surface area contributed by atoms with Crippen LogP contribution in [0.4, 0.5) is 11.4 Å². The highest BCUT2D eigenvalue weighted by Crippen LogP contribution is 2.30. The number of hydrogen-bond donors (Lipinski definition) is 2. The Morgan fingerprint density at radius 1 is 0.857 bits per heavy atom. The molecule has 1 fully saturated rings. The maximum absolute atomic E-state index is 12.7. The molecule has 2 N–H and O–H groups in total. The molecule has 1 aliphatic rings. The number of rotatable bonds is 4. The van der Waals surface area contributed by atoms with E-state index in [1.165, 1.54) is 0 Å². The molecule has 180 valence electrons. The molecule has 1 saturated heterocycles. The highest BCUT2D eigenvalue weighted by atomic mass is 35.5. The van der Waals surface area contributed by atoms with E-state index in [1.54, 1.807) is 24.3 Å². The fourth-order valence-electron chi connectivity index (χ4n) is 3.83. The number of benzene rings is 3. The fourth-order valence-corrected chi connectivity index (χ4v) is 4.52. The van der Waals surface area contributed by atoms with E-state index in [2.05, 4.69) is 15.5 Å². The van der Waals surface area contributed by atoms with Gasteiger partial charge in [0.05, 0.1) is 10.7 Å². The van der Waals surface area contributed by atoms with Crippen molar-refractivity contribution in [1.82, 2.24) is 10.2 Å². The van der Waals surface area contributed by atoms with Crippen LogP contribution in [0.5, 0.6) is 0 Å². The zero-order valence-electron chi connectivity index (χ0n) is 19.1. The van der Waals surface area contributed by atoms with Gasteiger partial charge in [0, 0.05) is 48.0 Å². The first-order valence-electron chi connectivity index (χ1n) is 11.1. The summed E-state index contributed by atoms with van der Waals surface area (Å²) in [5, 5.41) is 6.87. The molecule has 6 nitrogen and oxygen atoms in total. The van der Waals surface area contributed by atoms with Crippen LogP contribution in [0.2, 0.25) is 10.0 Å². The molecule has 3 aromatic rings. The molecular formula is C26H24Cl2N4O2S. The maximum Gasteiger partial charge on any atom is 0.257 e. The number of aryl methyl sites for hydroxylation is 1. The van der Waals surface area contributed by atoms with Crippen LogP contribution in [-0.2, 0) is 0 Å². The van der Waals surface area contributed by atoms with Crippen molar-refractivity contribution < 1.29 is 9.59 Å². The largest absolute Gasteiger partial charge is 0.367 e. The normalized spacial score (nSPS) is 13.3. The maximum atomic E-state index is 12.7. The van der Waals surface area contributed by atoms with Crippen LogP contribution in [0.15, 0.2) is 66.7 Å². The van der Waals surface area contributed by atoms with E-state index < -0.39 is 0 Å². The molecule has 0 aliphatic carbocycles. The molecule has 0 radical (unpaired) electrons. The molecule has 0 saturated carbocycles. The smallest absolute Gasteiger partial charge is 0.257 e. The number of piperazine rings is 1. The van der Waals surface area contributed by atoms with Crippen molar-refractivity contribution in [3.63, 3.8) is 0 Å². The van der Waals surface area contributed by atoms with Gasteiger partial charge in [-0.05, 0) is 67.2 Å². The second kappa shape index (κ2) is 11.1. The fraction of sp³-hybridized carbons (Fsp3) is 0.192. The predicted octanol–water partition coefficient (Wildman–Crippen LogP) is 5.39. The van der Waals surface area contributed by atoms with Gasteiger partial charge in [-0.15, -0.1) is 0 Å². The van der Waals surface area contributed by atoms with Gasteiger partial charge in [0.25, 0.3) is 11.8 Å². The molecule has 1 heterocycles. The van der Waals surface area contributed by atoms with E-state index in [0.29, 0.717) is 53.0 Å². The second-order valence-corrected chi connectivity index (χ2v) is 9.41. The van der Waals surface area contributed by atoms with Crippen LogP contribution in [-0.4, -0.2) is 48.0 Å². The summed E-state index contributed by atoms with van der Waals surface area (Å²) in [5.74, 6) is -0.311. The Kier molecular flexibility index (Phi) is 7.90. The molecule has 1 aliphatic heterocycles. The molecule has 0 aromatic heterocycles. The van der Waals surface area contributed by atoms with Gasteiger partial charge in [0.15, 0.2) is 5.11 Å². The average Bonchev–Trinajstić information content (AvgIpc) is 2.86. The zero-order valence-corrected chi connectivity index (χ0v) is 21.4. The van der Waals surface area contributed by atoms with Crippen molar-refractivity contribution >= 4 is 63.7 Å². The lowest BCUT2D eigenvalue weighted by atomic mass is 10.1. The summed E-state index contributed by atoms with van der Waals surface area (Å²) in [6, 6.07) is 19.9. The van der Waals surface area contributed by atoms with E-state index in [1.807, 2.05) is 54.3 Å². The van der Waals surface area contributed by atoms with Crippen LogP contribution >= 0.6 is 35.4 Å². The van der Waals surface area contributed by atoms with E-state index in [4.69, 9.17) is 35.4 Å². The number of anilines is 2. The van der Waals surface area contributed by atoms with Crippen LogP contribution < -0.4 is 15.5 Å². The van der Waals surface area contributed by atoms with E-state index in [0.717, 1.165) is 11.3 Å². The van der Waals surface area contributed by atoms with Gasteiger partial charge in [-0.3, -0.25) is 14.9 Å². The molecule has 0 spiro atoms. The molecule has 0 bridgehead atoms. The minimum absolute atomic E-state index is 0.0411. The molecule has 0 unspecified atom stereocenters. The molecule has 9 heteroatoms. The minimum Gasteiger partial charge on any atom is -0.367 e. The Labute approximate surface area is 219 Å². The van der Waals surface area contributed by atoms with Crippen molar-refractivity contribution in [2.45, 2.75) is 6.92 Å². The molecule has 3 aromatic carbocycles. The second-order valence-electron chi connectivity index (χ2n) is 8.18. The quantitative estimate of drug-likeness (QED) is 0.446. The summed E-state index contributed by atoms with van der Waals surface area (Å²) < 4.78 is 0. The molecule has 0 atom stereocenters. The number of thiocarbonyl (C=S) groups is 1. The Morgan fingerprint density at radius 3 is 2.23 bits per heavy atom. The Morgan fingerprint density at radius 2 is 1.57 bits per heavy atom. The minimum atomic E-state index is -0.352. The first-order valence-corrected chi connectivity index (χ1v) is 12.3. The zero-order chi connectivity index (χ0) is 24.9. The third kappa shape index (κ3) is 6.11. The molecular weight excluding hydrogens is 503 g/mol. The highest BCUT2D eigenvalue weighted by Gasteiger charge is 2.23. The van der Waals surface area contributed by atoms with Gasteiger partial charge in [0.2, 0.25) is 0 Å². The molecule has 4 rings (SSSR count). The van der Waals surface area contributed by atoms with E-state index in [9.17, 15) is 9.59 Å². The number of amides is 2. The van der Waals surface area contributed by atoms with Crippen molar-refractivity contribution in [2.75, 3.05) is 36.4 Å². The van der Waals surface area contributed by atoms with Crippen LogP contribution in [0.1, 0.15) is 26.3 Å². The lowest BCUT2D eigenvalue weighted by Crippen LogP contribution is -2.48. The standard InChI is InChI=1S/C26H24Cl2N4O2S/c1-17-7-8-19(15-21(17)27)24(33)30-26(35)29-20-9-10-23(22(28)16-20)31-11-13-32(14-12-31)25(34)18-5-3-2-4-6-18/h2-10,15-16H,11-14H2,1H3,(H2,29,30,33,35). The van der Waals surface area contributed by atoms with Crippen LogP contribution in [0, 0.1) is 6.92 Å². The third-order valence-corrected chi connectivity index (χ3v) is 6.71. The Bertz CT molecular complexity index is 1260. The number of carbonyl (C=O) groups is 2.